The third kappa shape index (κ3) is 5.95. The van der Waals surface area contributed by atoms with Crippen LogP contribution < -0.4 is 5.43 Å². The van der Waals surface area contributed by atoms with Crippen LogP contribution in [-0.2, 0) is 4.79 Å². The SMILES string of the molecule is CC(=NNC(=O)CSc1nnc(-c2cccnc2)n1-c1ccc(Br)cc1)c1ccc(Br)cc1. The van der Waals surface area contributed by atoms with E-state index in [0.29, 0.717) is 11.0 Å². The van der Waals surface area contributed by atoms with Gasteiger partial charge in [0.2, 0.25) is 0 Å². The number of amides is 1. The molecule has 1 amide bonds. The highest BCUT2D eigenvalue weighted by molar-refractivity contribution is 9.10. The Balaban J connectivity index is 1.51. The molecule has 10 heteroatoms. The number of hydrogen-bond donors (Lipinski definition) is 1. The Hall–Kier alpha value is -2.82. The summed E-state index contributed by atoms with van der Waals surface area (Å²) in [6.07, 6.45) is 3.45. The molecule has 1 N–H and O–H groups in total. The molecule has 0 saturated carbocycles. The van der Waals surface area contributed by atoms with Gasteiger partial charge in [-0.25, -0.2) is 5.43 Å². The predicted octanol–water partition coefficient (Wildman–Crippen LogP) is 5.49. The zero-order valence-corrected chi connectivity index (χ0v) is 21.4. The molecule has 0 radical (unpaired) electrons. The van der Waals surface area contributed by atoms with Crippen LogP contribution >= 0.6 is 43.6 Å². The second-order valence-electron chi connectivity index (χ2n) is 6.89. The smallest absolute Gasteiger partial charge is 0.250 e. The third-order valence-corrected chi connectivity index (χ3v) is 6.57. The molecule has 0 bridgehead atoms. The van der Waals surface area contributed by atoms with Crippen LogP contribution in [-0.4, -0.2) is 37.1 Å². The first-order chi connectivity index (χ1) is 16.0. The number of rotatable bonds is 7. The van der Waals surface area contributed by atoms with Gasteiger partial charge in [0.05, 0.1) is 11.5 Å². The molecule has 7 nitrogen and oxygen atoms in total. The number of hydrazone groups is 1. The fourth-order valence-electron chi connectivity index (χ4n) is 2.93. The van der Waals surface area contributed by atoms with E-state index in [2.05, 4.69) is 57.6 Å². The van der Waals surface area contributed by atoms with E-state index in [4.69, 9.17) is 0 Å². The number of nitrogens with zero attached hydrogens (tertiary/aromatic N) is 5. The third-order valence-electron chi connectivity index (χ3n) is 4.58. The Labute approximate surface area is 212 Å². The van der Waals surface area contributed by atoms with Gasteiger partial charge < -0.3 is 0 Å². The van der Waals surface area contributed by atoms with Gasteiger partial charge in [-0.15, -0.1) is 10.2 Å². The molecule has 166 valence electrons. The molecular weight excluding hydrogens is 568 g/mol. The highest BCUT2D eigenvalue weighted by Gasteiger charge is 2.17. The van der Waals surface area contributed by atoms with Gasteiger partial charge in [0.1, 0.15) is 0 Å². The first kappa shape index (κ1) is 23.3. The largest absolute Gasteiger partial charge is 0.272 e. The Morgan fingerprint density at radius 3 is 2.39 bits per heavy atom. The number of benzene rings is 2. The Morgan fingerprint density at radius 2 is 1.73 bits per heavy atom. The fourth-order valence-corrected chi connectivity index (χ4v) is 4.21. The van der Waals surface area contributed by atoms with Crippen molar-refractivity contribution in [1.29, 1.82) is 0 Å². The second-order valence-corrected chi connectivity index (χ2v) is 9.66. The molecule has 33 heavy (non-hydrogen) atoms. The topological polar surface area (TPSA) is 85.1 Å². The van der Waals surface area contributed by atoms with Crippen LogP contribution in [0.2, 0.25) is 0 Å². The summed E-state index contributed by atoms with van der Waals surface area (Å²) in [4.78, 5) is 16.6. The van der Waals surface area contributed by atoms with Gasteiger partial charge >= 0.3 is 0 Å². The Kier molecular flexibility index (Phi) is 7.69. The summed E-state index contributed by atoms with van der Waals surface area (Å²) in [5.41, 5.74) is 5.98. The zero-order chi connectivity index (χ0) is 23.2. The van der Waals surface area contributed by atoms with E-state index >= 15 is 0 Å². The lowest BCUT2D eigenvalue weighted by molar-refractivity contribution is -0.118. The van der Waals surface area contributed by atoms with Crippen LogP contribution in [0.3, 0.4) is 0 Å². The molecule has 4 rings (SSSR count). The monoisotopic (exact) mass is 584 g/mol. The molecule has 0 fully saturated rings. The maximum absolute atomic E-state index is 12.5. The van der Waals surface area contributed by atoms with Gasteiger partial charge in [0.15, 0.2) is 11.0 Å². The average molecular weight is 586 g/mol. The first-order valence-electron chi connectivity index (χ1n) is 9.85. The number of carbonyl (C=O) groups excluding carboxylic acids is 1. The normalized spacial score (nSPS) is 11.4. The summed E-state index contributed by atoms with van der Waals surface area (Å²) in [5, 5.41) is 13.5. The van der Waals surface area contributed by atoms with Crippen molar-refractivity contribution in [1.82, 2.24) is 25.2 Å². The van der Waals surface area contributed by atoms with Gasteiger partial charge in [0, 0.05) is 32.6 Å². The van der Waals surface area contributed by atoms with Crippen molar-refractivity contribution in [2.75, 3.05) is 5.75 Å². The molecule has 0 saturated heterocycles. The number of hydrogen-bond acceptors (Lipinski definition) is 6. The molecule has 0 atom stereocenters. The lowest BCUT2D eigenvalue weighted by Crippen LogP contribution is -2.21. The van der Waals surface area contributed by atoms with E-state index in [0.717, 1.165) is 31.5 Å². The van der Waals surface area contributed by atoms with E-state index < -0.39 is 0 Å². The van der Waals surface area contributed by atoms with Crippen LogP contribution in [0.5, 0.6) is 0 Å². The molecule has 4 aromatic rings. The van der Waals surface area contributed by atoms with E-state index in [1.165, 1.54) is 11.8 Å². The van der Waals surface area contributed by atoms with Crippen molar-refractivity contribution >= 4 is 55.2 Å². The second kappa shape index (κ2) is 10.9. The van der Waals surface area contributed by atoms with Crippen molar-refractivity contribution in [3.63, 3.8) is 0 Å². The maximum atomic E-state index is 12.5. The first-order valence-corrected chi connectivity index (χ1v) is 12.4. The summed E-state index contributed by atoms with van der Waals surface area (Å²) < 4.78 is 3.87. The molecule has 2 aromatic carbocycles. The predicted molar refractivity (Wildman–Crippen MR) is 138 cm³/mol. The number of carbonyl (C=O) groups is 1. The van der Waals surface area contributed by atoms with Crippen molar-refractivity contribution < 1.29 is 4.79 Å². The Morgan fingerprint density at radius 1 is 1.03 bits per heavy atom. The highest BCUT2D eigenvalue weighted by Crippen LogP contribution is 2.28. The molecule has 0 unspecified atom stereocenters. The number of pyridine rings is 1. The van der Waals surface area contributed by atoms with Gasteiger partial charge in [-0.2, -0.15) is 5.10 Å². The van der Waals surface area contributed by atoms with E-state index in [-0.39, 0.29) is 11.7 Å². The maximum Gasteiger partial charge on any atom is 0.250 e. The van der Waals surface area contributed by atoms with E-state index in [9.17, 15) is 4.79 Å². The van der Waals surface area contributed by atoms with Crippen molar-refractivity contribution in [2.24, 2.45) is 5.10 Å². The fraction of sp³-hybridized carbons (Fsp3) is 0.0870. The van der Waals surface area contributed by atoms with Crippen LogP contribution in [0.4, 0.5) is 0 Å². The summed E-state index contributed by atoms with van der Waals surface area (Å²) in [6.45, 7) is 1.85. The van der Waals surface area contributed by atoms with Crippen molar-refractivity contribution in [3.8, 4) is 17.1 Å². The number of thioether (sulfide) groups is 1. The van der Waals surface area contributed by atoms with Gasteiger partial charge in [-0.1, -0.05) is 55.8 Å². The molecule has 2 heterocycles. The summed E-state index contributed by atoms with van der Waals surface area (Å²) >= 11 is 8.17. The minimum atomic E-state index is -0.232. The standard InChI is InChI=1S/C23H18Br2N6OS/c1-15(16-4-6-18(24)7-5-16)27-28-21(32)14-33-23-30-29-22(17-3-2-12-26-13-17)31(23)20-10-8-19(25)9-11-20/h2-13H,14H2,1H3,(H,28,32). The number of halogens is 2. The van der Waals surface area contributed by atoms with E-state index in [1.54, 1.807) is 12.4 Å². The van der Waals surface area contributed by atoms with Crippen molar-refractivity contribution in [3.05, 3.63) is 87.6 Å². The van der Waals surface area contributed by atoms with Crippen LogP contribution in [0.25, 0.3) is 17.1 Å². The molecule has 0 aliphatic heterocycles. The summed E-state index contributed by atoms with van der Waals surface area (Å²) in [6, 6.07) is 19.3. The Bertz CT molecular complexity index is 1270. The minimum Gasteiger partial charge on any atom is -0.272 e. The van der Waals surface area contributed by atoms with Gasteiger partial charge in [-0.05, 0) is 61.0 Å². The molecule has 0 aliphatic rings. The van der Waals surface area contributed by atoms with Crippen molar-refractivity contribution in [2.45, 2.75) is 12.1 Å². The van der Waals surface area contributed by atoms with Gasteiger partial charge in [0.25, 0.3) is 5.91 Å². The minimum absolute atomic E-state index is 0.138. The highest BCUT2D eigenvalue weighted by atomic mass is 79.9. The lowest BCUT2D eigenvalue weighted by Gasteiger charge is -2.10. The zero-order valence-electron chi connectivity index (χ0n) is 17.4. The molecule has 0 spiro atoms. The lowest BCUT2D eigenvalue weighted by atomic mass is 10.1. The van der Waals surface area contributed by atoms with Crippen LogP contribution in [0, 0.1) is 0 Å². The van der Waals surface area contributed by atoms with Gasteiger partial charge in [-0.3, -0.25) is 14.3 Å². The van der Waals surface area contributed by atoms with Crippen LogP contribution in [0.15, 0.2) is 92.3 Å². The molecule has 2 aromatic heterocycles. The van der Waals surface area contributed by atoms with Crippen LogP contribution in [0.1, 0.15) is 12.5 Å². The molecular formula is C23H18Br2N6OS. The summed E-state index contributed by atoms with van der Waals surface area (Å²) in [5.74, 6) is 0.556. The number of aromatic nitrogens is 4. The average Bonchev–Trinajstić information content (AvgIpc) is 3.26. The quantitative estimate of drug-likeness (QED) is 0.176. The van der Waals surface area contributed by atoms with E-state index in [1.807, 2.05) is 72.2 Å². The molecule has 0 aliphatic carbocycles. The number of nitrogens with one attached hydrogen (secondary N) is 1. The summed E-state index contributed by atoms with van der Waals surface area (Å²) in [7, 11) is 0.